The van der Waals surface area contributed by atoms with Gasteiger partial charge in [-0.3, -0.25) is 0 Å². The van der Waals surface area contributed by atoms with Crippen LogP contribution in [0.5, 0.6) is 0 Å². The number of hydrogen-bond acceptors (Lipinski definition) is 3. The van der Waals surface area contributed by atoms with Crippen LogP contribution in [-0.2, 0) is 16.0 Å². The van der Waals surface area contributed by atoms with Gasteiger partial charge in [-0.15, -0.1) is 0 Å². The monoisotopic (exact) mass is 293 g/mol. The van der Waals surface area contributed by atoms with Crippen LogP contribution < -0.4 is 0 Å². The van der Waals surface area contributed by atoms with E-state index in [2.05, 4.69) is 71.8 Å². The zero-order chi connectivity index (χ0) is 14.8. The third kappa shape index (κ3) is 2.65. The Kier molecular flexibility index (Phi) is 3.67. The molecule has 112 valence electrons. The molecule has 1 fully saturated rings. The molecule has 4 rings (SSSR count). The lowest BCUT2D eigenvalue weighted by molar-refractivity contribution is -0.0789. The van der Waals surface area contributed by atoms with E-state index in [4.69, 9.17) is 9.47 Å². The number of allylic oxidation sites excluding steroid dienone is 2. The Hall–Kier alpha value is -2.10. The smallest absolute Gasteiger partial charge is 0.181 e. The van der Waals surface area contributed by atoms with Crippen molar-refractivity contribution >= 4 is 10.8 Å². The van der Waals surface area contributed by atoms with E-state index in [9.17, 15) is 0 Å². The fourth-order valence-electron chi connectivity index (χ4n) is 3.08. The van der Waals surface area contributed by atoms with Gasteiger partial charge >= 0.3 is 0 Å². The maximum Gasteiger partial charge on any atom is 0.181 e. The summed E-state index contributed by atoms with van der Waals surface area (Å²) in [4.78, 5) is 2.28. The van der Waals surface area contributed by atoms with Crippen molar-refractivity contribution in [3.05, 3.63) is 72.5 Å². The molecule has 1 atom stereocenters. The normalized spacial score (nSPS) is 21.8. The molecular formula is C19H19NO2. The summed E-state index contributed by atoms with van der Waals surface area (Å²) in [5.74, 6) is 0. The van der Waals surface area contributed by atoms with Crippen LogP contribution in [0.15, 0.2) is 66.9 Å². The van der Waals surface area contributed by atoms with Crippen molar-refractivity contribution in [1.29, 1.82) is 0 Å². The lowest BCUT2D eigenvalue weighted by atomic mass is 10.1. The molecule has 0 aromatic heterocycles. The Morgan fingerprint density at radius 1 is 0.955 bits per heavy atom. The number of hydrogen-bond donors (Lipinski definition) is 0. The number of ether oxygens (including phenoxy) is 2. The predicted octanol–water partition coefficient (Wildman–Crippen LogP) is 3.47. The van der Waals surface area contributed by atoms with Crippen molar-refractivity contribution in [2.45, 2.75) is 18.9 Å². The molecule has 0 aliphatic carbocycles. The van der Waals surface area contributed by atoms with E-state index in [1.54, 1.807) is 0 Å². The van der Waals surface area contributed by atoms with Gasteiger partial charge in [-0.1, -0.05) is 48.6 Å². The van der Waals surface area contributed by atoms with Crippen LogP contribution in [0.3, 0.4) is 0 Å². The summed E-state index contributed by atoms with van der Waals surface area (Å²) in [6.45, 7) is 2.21. The highest BCUT2D eigenvalue weighted by molar-refractivity contribution is 5.82. The molecule has 2 aliphatic rings. The van der Waals surface area contributed by atoms with Gasteiger partial charge in [0.05, 0.1) is 19.3 Å². The van der Waals surface area contributed by atoms with Gasteiger partial charge in [-0.05, 0) is 28.5 Å². The minimum atomic E-state index is -0.165. The SMILES string of the molecule is C1=CC(C2OCCO2)N(Cc2ccc3ccccc3c2)C=C1. The van der Waals surface area contributed by atoms with Gasteiger partial charge < -0.3 is 14.4 Å². The zero-order valence-corrected chi connectivity index (χ0v) is 12.4. The molecular weight excluding hydrogens is 274 g/mol. The highest BCUT2D eigenvalue weighted by atomic mass is 16.7. The first-order valence-electron chi connectivity index (χ1n) is 7.72. The maximum atomic E-state index is 5.68. The molecule has 0 radical (unpaired) electrons. The van der Waals surface area contributed by atoms with Crippen molar-refractivity contribution in [3.63, 3.8) is 0 Å². The largest absolute Gasteiger partial charge is 0.362 e. The van der Waals surface area contributed by atoms with Crippen molar-refractivity contribution in [2.24, 2.45) is 0 Å². The van der Waals surface area contributed by atoms with Gasteiger partial charge in [0.2, 0.25) is 0 Å². The Morgan fingerprint density at radius 2 is 1.77 bits per heavy atom. The molecule has 2 heterocycles. The van der Waals surface area contributed by atoms with E-state index < -0.39 is 0 Å². The second kappa shape index (κ2) is 5.95. The van der Waals surface area contributed by atoms with Gasteiger partial charge in [0.15, 0.2) is 6.29 Å². The summed E-state index contributed by atoms with van der Waals surface area (Å²) in [7, 11) is 0. The van der Waals surface area contributed by atoms with Crippen LogP contribution in [0.1, 0.15) is 5.56 Å². The van der Waals surface area contributed by atoms with Crippen LogP contribution in [0.2, 0.25) is 0 Å². The molecule has 1 unspecified atom stereocenters. The van der Waals surface area contributed by atoms with Crippen molar-refractivity contribution in [2.75, 3.05) is 13.2 Å². The molecule has 2 aromatic rings. The second-order valence-electron chi connectivity index (χ2n) is 5.68. The van der Waals surface area contributed by atoms with Gasteiger partial charge in [-0.25, -0.2) is 0 Å². The standard InChI is InChI=1S/C19H19NO2/c1-2-6-17-13-15(8-9-16(17)5-1)14-20-10-4-3-7-18(20)19-21-11-12-22-19/h1-10,13,18-19H,11-12,14H2. The van der Waals surface area contributed by atoms with Gasteiger partial charge in [0.25, 0.3) is 0 Å². The number of rotatable bonds is 3. The topological polar surface area (TPSA) is 21.7 Å². The average Bonchev–Trinajstić information content (AvgIpc) is 3.10. The molecule has 0 N–H and O–H groups in total. The maximum absolute atomic E-state index is 5.68. The van der Waals surface area contributed by atoms with E-state index in [1.807, 2.05) is 0 Å². The second-order valence-corrected chi connectivity index (χ2v) is 5.68. The number of nitrogens with zero attached hydrogens (tertiary/aromatic N) is 1. The third-order valence-corrected chi connectivity index (χ3v) is 4.19. The van der Waals surface area contributed by atoms with Crippen LogP contribution in [-0.4, -0.2) is 30.4 Å². The minimum Gasteiger partial charge on any atom is -0.362 e. The van der Waals surface area contributed by atoms with E-state index in [1.165, 1.54) is 16.3 Å². The molecule has 1 saturated heterocycles. The summed E-state index contributed by atoms with van der Waals surface area (Å²) >= 11 is 0. The van der Waals surface area contributed by atoms with E-state index in [0.29, 0.717) is 13.2 Å². The lowest BCUT2D eigenvalue weighted by Crippen LogP contribution is -2.40. The molecule has 22 heavy (non-hydrogen) atoms. The summed E-state index contributed by atoms with van der Waals surface area (Å²) in [5.41, 5.74) is 1.29. The van der Waals surface area contributed by atoms with Crippen molar-refractivity contribution in [1.82, 2.24) is 4.90 Å². The van der Waals surface area contributed by atoms with Gasteiger partial charge in [-0.2, -0.15) is 0 Å². The Morgan fingerprint density at radius 3 is 2.64 bits per heavy atom. The Balaban J connectivity index is 1.57. The summed E-state index contributed by atoms with van der Waals surface area (Å²) < 4.78 is 11.4. The predicted molar refractivity (Wildman–Crippen MR) is 87.3 cm³/mol. The van der Waals surface area contributed by atoms with Gasteiger partial charge in [0, 0.05) is 12.7 Å². The molecule has 3 nitrogen and oxygen atoms in total. The summed E-state index contributed by atoms with van der Waals surface area (Å²) in [6, 6.07) is 15.2. The van der Waals surface area contributed by atoms with Crippen LogP contribution in [0.4, 0.5) is 0 Å². The first kappa shape index (κ1) is 13.6. The van der Waals surface area contributed by atoms with Crippen molar-refractivity contribution < 1.29 is 9.47 Å². The van der Waals surface area contributed by atoms with E-state index >= 15 is 0 Å². The quantitative estimate of drug-likeness (QED) is 0.865. The molecule has 0 spiro atoms. The lowest BCUT2D eigenvalue weighted by Gasteiger charge is -2.33. The third-order valence-electron chi connectivity index (χ3n) is 4.19. The molecule has 3 heteroatoms. The molecule has 0 bridgehead atoms. The number of benzene rings is 2. The van der Waals surface area contributed by atoms with E-state index in [-0.39, 0.29) is 12.3 Å². The van der Waals surface area contributed by atoms with Crippen LogP contribution >= 0.6 is 0 Å². The average molecular weight is 293 g/mol. The first-order chi connectivity index (χ1) is 10.9. The fourth-order valence-corrected chi connectivity index (χ4v) is 3.08. The molecule has 0 amide bonds. The first-order valence-corrected chi connectivity index (χ1v) is 7.72. The van der Waals surface area contributed by atoms with Crippen LogP contribution in [0.25, 0.3) is 10.8 Å². The summed E-state index contributed by atoms with van der Waals surface area (Å²) in [6.07, 6.45) is 8.22. The van der Waals surface area contributed by atoms with E-state index in [0.717, 1.165) is 6.54 Å². The minimum absolute atomic E-state index is 0.138. The zero-order valence-electron chi connectivity index (χ0n) is 12.4. The molecule has 2 aromatic carbocycles. The molecule has 2 aliphatic heterocycles. The van der Waals surface area contributed by atoms with Crippen molar-refractivity contribution in [3.8, 4) is 0 Å². The molecule has 0 saturated carbocycles. The highest BCUT2D eigenvalue weighted by Crippen LogP contribution is 2.23. The Labute approximate surface area is 130 Å². The fraction of sp³-hybridized carbons (Fsp3) is 0.263. The Bertz CT molecular complexity index is 716. The summed E-state index contributed by atoms with van der Waals surface area (Å²) in [5, 5.41) is 2.56. The highest BCUT2D eigenvalue weighted by Gasteiger charge is 2.29. The van der Waals surface area contributed by atoms with Crippen LogP contribution in [0, 0.1) is 0 Å². The van der Waals surface area contributed by atoms with Gasteiger partial charge in [0.1, 0.15) is 0 Å². The number of fused-ring (bicyclic) bond motifs is 1.